The van der Waals surface area contributed by atoms with Gasteiger partial charge >= 0.3 is 0 Å². The molecule has 2 heteroatoms. The molecule has 0 aromatic heterocycles. The van der Waals surface area contributed by atoms with E-state index in [-0.39, 0.29) is 0 Å². The summed E-state index contributed by atoms with van der Waals surface area (Å²) in [5, 5.41) is 0. The van der Waals surface area contributed by atoms with Crippen molar-refractivity contribution >= 4 is 11.8 Å². The highest BCUT2D eigenvalue weighted by Gasteiger charge is 2.11. The summed E-state index contributed by atoms with van der Waals surface area (Å²) in [4.78, 5) is 0. The average Bonchev–Trinajstić information content (AvgIpc) is 2.14. The second-order valence-corrected chi connectivity index (χ2v) is 4.56. The van der Waals surface area contributed by atoms with Crippen molar-refractivity contribution in [3.63, 3.8) is 0 Å². The molecule has 1 rings (SSSR count). The van der Waals surface area contributed by atoms with Gasteiger partial charge in [-0.15, -0.1) is 0 Å². The molecule has 0 radical (unpaired) electrons. The molecule has 0 spiro atoms. The zero-order valence-corrected chi connectivity index (χ0v) is 8.48. The Balaban J connectivity index is 2.04. The fourth-order valence-corrected chi connectivity index (χ4v) is 2.69. The molecule has 2 N–H and O–H groups in total. The van der Waals surface area contributed by atoms with Crippen molar-refractivity contribution in [2.24, 2.45) is 11.7 Å². The monoisotopic (exact) mass is 185 g/mol. The molecule has 0 aromatic carbocycles. The van der Waals surface area contributed by atoms with E-state index in [1.165, 1.54) is 30.8 Å². The molecule has 1 aliphatic rings. The molecule has 1 saturated heterocycles. The number of hydrogen-bond acceptors (Lipinski definition) is 2. The minimum atomic E-state index is 0.789. The predicted molar refractivity (Wildman–Crippen MR) is 57.5 cm³/mol. The molecule has 1 fully saturated rings. The van der Waals surface area contributed by atoms with Crippen molar-refractivity contribution in [1.29, 1.82) is 0 Å². The maximum Gasteiger partial charge on any atom is -0.00426 e. The maximum absolute atomic E-state index is 5.39. The molecule has 12 heavy (non-hydrogen) atoms. The minimum absolute atomic E-state index is 0.789. The Morgan fingerprint density at radius 3 is 2.67 bits per heavy atom. The molecule has 70 valence electrons. The van der Waals surface area contributed by atoms with Gasteiger partial charge in [0.15, 0.2) is 0 Å². The Morgan fingerprint density at radius 2 is 2.00 bits per heavy atom. The van der Waals surface area contributed by atoms with Crippen LogP contribution in [0.25, 0.3) is 0 Å². The van der Waals surface area contributed by atoms with Crippen LogP contribution in [0.4, 0.5) is 0 Å². The Hall–Kier alpha value is 0.0500. The fraction of sp³-hybridized carbons (Fsp3) is 0.800. The van der Waals surface area contributed by atoms with E-state index in [1.807, 2.05) is 0 Å². The molecule has 0 aliphatic carbocycles. The van der Waals surface area contributed by atoms with Crippen molar-refractivity contribution in [3.8, 4) is 0 Å². The van der Waals surface area contributed by atoms with E-state index in [1.54, 1.807) is 0 Å². The highest BCUT2D eigenvalue weighted by Crippen LogP contribution is 2.25. The van der Waals surface area contributed by atoms with Crippen LogP contribution >= 0.6 is 11.8 Å². The number of rotatable bonds is 4. The SMILES string of the molecule is NCC/C=C\CC1CCSCC1. The van der Waals surface area contributed by atoms with E-state index in [4.69, 9.17) is 5.73 Å². The third kappa shape index (κ3) is 4.17. The Morgan fingerprint density at radius 1 is 1.25 bits per heavy atom. The zero-order valence-electron chi connectivity index (χ0n) is 7.67. The van der Waals surface area contributed by atoms with Gasteiger partial charge in [-0.3, -0.25) is 0 Å². The van der Waals surface area contributed by atoms with Crippen LogP contribution in [0.3, 0.4) is 0 Å². The predicted octanol–water partition coefficient (Wildman–Crippen LogP) is 2.42. The summed E-state index contributed by atoms with van der Waals surface area (Å²) in [5.74, 6) is 3.70. The van der Waals surface area contributed by atoms with Gasteiger partial charge < -0.3 is 5.73 Å². The lowest BCUT2D eigenvalue weighted by atomic mass is 9.99. The Bertz CT molecular complexity index is 128. The third-order valence-corrected chi connectivity index (χ3v) is 3.36. The first-order chi connectivity index (χ1) is 5.93. The van der Waals surface area contributed by atoms with Crippen LogP contribution in [-0.2, 0) is 0 Å². The van der Waals surface area contributed by atoms with Gasteiger partial charge in [0.2, 0.25) is 0 Å². The third-order valence-electron chi connectivity index (χ3n) is 2.31. The van der Waals surface area contributed by atoms with Crippen LogP contribution in [0.15, 0.2) is 12.2 Å². The summed E-state index contributed by atoms with van der Waals surface area (Å²) >= 11 is 2.10. The summed E-state index contributed by atoms with van der Waals surface area (Å²) in [6, 6.07) is 0. The molecule has 1 aliphatic heterocycles. The zero-order chi connectivity index (χ0) is 8.65. The van der Waals surface area contributed by atoms with E-state index in [9.17, 15) is 0 Å². The van der Waals surface area contributed by atoms with E-state index in [2.05, 4.69) is 23.9 Å². The fourth-order valence-electron chi connectivity index (χ4n) is 1.48. The number of hydrogen-bond donors (Lipinski definition) is 1. The lowest BCUT2D eigenvalue weighted by Gasteiger charge is -2.19. The Labute approximate surface area is 79.8 Å². The first kappa shape index (κ1) is 10.1. The topological polar surface area (TPSA) is 26.0 Å². The lowest BCUT2D eigenvalue weighted by molar-refractivity contribution is 0.496. The second kappa shape index (κ2) is 6.55. The lowest BCUT2D eigenvalue weighted by Crippen LogP contribution is -2.08. The molecule has 0 saturated carbocycles. The summed E-state index contributed by atoms with van der Waals surface area (Å²) in [6.45, 7) is 0.789. The number of allylic oxidation sites excluding steroid dienone is 1. The second-order valence-electron chi connectivity index (χ2n) is 3.34. The number of thioether (sulfide) groups is 1. The average molecular weight is 185 g/mol. The van der Waals surface area contributed by atoms with Crippen LogP contribution in [0.2, 0.25) is 0 Å². The summed E-state index contributed by atoms with van der Waals surface area (Å²) in [6.07, 6.45) is 9.69. The normalized spacial score (nSPS) is 20.4. The first-order valence-electron chi connectivity index (χ1n) is 4.86. The first-order valence-corrected chi connectivity index (χ1v) is 6.01. The smallest absolute Gasteiger partial charge is 0.00426 e. The van der Waals surface area contributed by atoms with Crippen molar-refractivity contribution in [1.82, 2.24) is 0 Å². The van der Waals surface area contributed by atoms with Gasteiger partial charge in [-0.25, -0.2) is 0 Å². The molecule has 0 atom stereocenters. The van der Waals surface area contributed by atoms with Crippen LogP contribution in [0.1, 0.15) is 25.7 Å². The summed E-state index contributed by atoms with van der Waals surface area (Å²) < 4.78 is 0. The summed E-state index contributed by atoms with van der Waals surface area (Å²) in [5.41, 5.74) is 5.39. The molecule has 1 nitrogen and oxygen atoms in total. The van der Waals surface area contributed by atoms with Crippen molar-refractivity contribution in [3.05, 3.63) is 12.2 Å². The molecular formula is C10H19NS. The van der Waals surface area contributed by atoms with Crippen LogP contribution in [0, 0.1) is 5.92 Å². The summed E-state index contributed by atoms with van der Waals surface area (Å²) in [7, 11) is 0. The molecule has 0 amide bonds. The van der Waals surface area contributed by atoms with Crippen molar-refractivity contribution < 1.29 is 0 Å². The van der Waals surface area contributed by atoms with Gasteiger partial charge in [0.1, 0.15) is 0 Å². The Kier molecular flexibility index (Phi) is 5.53. The maximum atomic E-state index is 5.39. The van der Waals surface area contributed by atoms with Gasteiger partial charge in [-0.05, 0) is 49.7 Å². The highest BCUT2D eigenvalue weighted by atomic mass is 32.2. The van der Waals surface area contributed by atoms with Crippen molar-refractivity contribution in [2.75, 3.05) is 18.1 Å². The van der Waals surface area contributed by atoms with E-state index in [0.717, 1.165) is 18.9 Å². The molecular weight excluding hydrogens is 166 g/mol. The molecule has 0 unspecified atom stereocenters. The standard InChI is InChI=1S/C10H19NS/c11-7-3-1-2-4-10-5-8-12-9-6-10/h1-2,10H,3-9,11H2/b2-1-. The van der Waals surface area contributed by atoms with E-state index in [0.29, 0.717) is 0 Å². The van der Waals surface area contributed by atoms with Gasteiger partial charge in [0.05, 0.1) is 0 Å². The van der Waals surface area contributed by atoms with Crippen LogP contribution in [-0.4, -0.2) is 18.1 Å². The van der Waals surface area contributed by atoms with Crippen LogP contribution in [0.5, 0.6) is 0 Å². The highest BCUT2D eigenvalue weighted by molar-refractivity contribution is 7.99. The quantitative estimate of drug-likeness (QED) is 0.681. The van der Waals surface area contributed by atoms with Gasteiger partial charge in [0.25, 0.3) is 0 Å². The number of nitrogens with two attached hydrogens (primary N) is 1. The molecule has 0 bridgehead atoms. The molecule has 0 aromatic rings. The molecule has 1 heterocycles. The van der Waals surface area contributed by atoms with Crippen LogP contribution < -0.4 is 5.73 Å². The van der Waals surface area contributed by atoms with Gasteiger partial charge in [-0.1, -0.05) is 12.2 Å². The minimum Gasteiger partial charge on any atom is -0.330 e. The van der Waals surface area contributed by atoms with Crippen molar-refractivity contribution in [2.45, 2.75) is 25.7 Å². The van der Waals surface area contributed by atoms with E-state index < -0.39 is 0 Å². The van der Waals surface area contributed by atoms with Gasteiger partial charge in [0, 0.05) is 0 Å². The van der Waals surface area contributed by atoms with E-state index >= 15 is 0 Å². The van der Waals surface area contributed by atoms with Gasteiger partial charge in [-0.2, -0.15) is 11.8 Å². The largest absolute Gasteiger partial charge is 0.330 e.